The molecule has 0 aromatic carbocycles. The second-order valence-electron chi connectivity index (χ2n) is 2.63. The summed E-state index contributed by atoms with van der Waals surface area (Å²) in [6, 6.07) is 0. The molecule has 0 saturated carbocycles. The molecule has 0 radical (unpaired) electrons. The lowest BCUT2D eigenvalue weighted by Crippen LogP contribution is -2.22. The first-order valence-corrected chi connectivity index (χ1v) is 3.50. The first-order chi connectivity index (χ1) is 5.91. The minimum absolute atomic E-state index is 0.277. The zero-order valence-corrected chi connectivity index (χ0v) is 6.41. The van der Waals surface area contributed by atoms with Crippen molar-refractivity contribution in [2.24, 2.45) is 5.92 Å². The summed E-state index contributed by atoms with van der Waals surface area (Å²) in [4.78, 5) is 9.41. The lowest BCUT2D eigenvalue weighted by Gasteiger charge is -2.16. The number of hydrogen-bond acceptors (Lipinski definition) is 2. The molecule has 0 N–H and O–H groups in total. The van der Waals surface area contributed by atoms with Gasteiger partial charge in [0.25, 0.3) is 5.70 Å². The number of rotatable bonds is 1. The number of nitrogens with zero attached hydrogens (tertiary/aromatic N) is 1. The van der Waals surface area contributed by atoms with Gasteiger partial charge in [0, 0.05) is 6.08 Å². The average molecular weight is 193 g/mol. The third-order valence-electron chi connectivity index (χ3n) is 1.71. The van der Waals surface area contributed by atoms with E-state index in [9.17, 15) is 23.3 Å². The van der Waals surface area contributed by atoms with E-state index in [0.717, 1.165) is 18.2 Å². The molecule has 0 bridgehead atoms. The van der Waals surface area contributed by atoms with E-state index in [2.05, 4.69) is 0 Å². The van der Waals surface area contributed by atoms with E-state index in [1.165, 1.54) is 0 Å². The Labute approximate surface area is 71.7 Å². The average Bonchev–Trinajstić information content (AvgIpc) is 2.03. The maximum atomic E-state index is 12.0. The summed E-state index contributed by atoms with van der Waals surface area (Å²) in [5.41, 5.74) is -0.277. The molecule has 1 atom stereocenters. The van der Waals surface area contributed by atoms with Crippen LogP contribution in [0.1, 0.15) is 6.42 Å². The van der Waals surface area contributed by atoms with Crippen LogP contribution in [0, 0.1) is 16.0 Å². The summed E-state index contributed by atoms with van der Waals surface area (Å²) in [6.07, 6.45) is -1.97. The largest absolute Gasteiger partial charge is 0.395 e. The standard InChI is InChI=1S/C7H6F3NO2/c8-7(9,10)5-1-3-6(4-2-5)11(12)13/h1,3-5H,2H2. The smallest absolute Gasteiger partial charge is 0.258 e. The van der Waals surface area contributed by atoms with Crippen molar-refractivity contribution in [2.45, 2.75) is 12.6 Å². The van der Waals surface area contributed by atoms with Crippen LogP contribution in [0.4, 0.5) is 13.2 Å². The zero-order valence-electron chi connectivity index (χ0n) is 6.41. The Balaban J connectivity index is 2.69. The third-order valence-corrected chi connectivity index (χ3v) is 1.71. The molecule has 0 spiro atoms. The van der Waals surface area contributed by atoms with Crippen LogP contribution >= 0.6 is 0 Å². The summed E-state index contributed by atoms with van der Waals surface area (Å²) >= 11 is 0. The summed E-state index contributed by atoms with van der Waals surface area (Å²) < 4.78 is 36.1. The Hall–Kier alpha value is -1.33. The maximum absolute atomic E-state index is 12.0. The summed E-state index contributed by atoms with van der Waals surface area (Å²) in [6.45, 7) is 0. The molecule has 1 aliphatic carbocycles. The van der Waals surface area contributed by atoms with Crippen molar-refractivity contribution >= 4 is 0 Å². The Bertz CT molecular complexity index is 280. The molecule has 3 nitrogen and oxygen atoms in total. The van der Waals surface area contributed by atoms with Crippen molar-refractivity contribution in [3.8, 4) is 0 Å². The SMILES string of the molecule is O=[N+]([O-])C1=CCC(C(F)(F)F)C=C1. The fraction of sp³-hybridized carbons (Fsp3) is 0.429. The number of allylic oxidation sites excluding steroid dienone is 3. The van der Waals surface area contributed by atoms with Crippen molar-refractivity contribution in [3.05, 3.63) is 34.0 Å². The molecule has 0 fully saturated rings. The van der Waals surface area contributed by atoms with Crippen LogP contribution in [0.25, 0.3) is 0 Å². The molecule has 0 aromatic rings. The molecule has 0 aliphatic heterocycles. The first-order valence-electron chi connectivity index (χ1n) is 3.50. The maximum Gasteiger partial charge on any atom is 0.395 e. The van der Waals surface area contributed by atoms with Gasteiger partial charge in [0.1, 0.15) is 0 Å². The van der Waals surface area contributed by atoms with Crippen LogP contribution in [0.5, 0.6) is 0 Å². The number of halogens is 3. The number of alkyl halides is 3. The van der Waals surface area contributed by atoms with Crippen LogP contribution in [0.15, 0.2) is 23.9 Å². The minimum Gasteiger partial charge on any atom is -0.258 e. The van der Waals surface area contributed by atoms with Gasteiger partial charge in [-0.2, -0.15) is 13.2 Å². The number of hydrogen-bond donors (Lipinski definition) is 0. The van der Waals surface area contributed by atoms with Gasteiger partial charge in [-0.05, 0) is 12.5 Å². The van der Waals surface area contributed by atoms with Gasteiger partial charge in [0.2, 0.25) is 0 Å². The molecule has 1 rings (SSSR count). The van der Waals surface area contributed by atoms with Gasteiger partial charge >= 0.3 is 6.18 Å². The normalized spacial score (nSPS) is 22.7. The van der Waals surface area contributed by atoms with E-state index in [1.54, 1.807) is 0 Å². The molecule has 0 heterocycles. The Morgan fingerprint density at radius 3 is 2.46 bits per heavy atom. The van der Waals surface area contributed by atoms with Crippen molar-refractivity contribution < 1.29 is 18.1 Å². The van der Waals surface area contributed by atoms with Crippen LogP contribution in [0.3, 0.4) is 0 Å². The third kappa shape index (κ3) is 2.30. The molecule has 0 saturated heterocycles. The second kappa shape index (κ2) is 3.20. The monoisotopic (exact) mass is 193 g/mol. The summed E-state index contributed by atoms with van der Waals surface area (Å²) in [7, 11) is 0. The molecule has 1 unspecified atom stereocenters. The molecule has 6 heteroatoms. The van der Waals surface area contributed by atoms with E-state index in [4.69, 9.17) is 0 Å². The van der Waals surface area contributed by atoms with E-state index in [-0.39, 0.29) is 12.1 Å². The summed E-state index contributed by atoms with van der Waals surface area (Å²) in [5, 5.41) is 10.1. The minimum atomic E-state index is -4.31. The van der Waals surface area contributed by atoms with Crippen molar-refractivity contribution in [3.63, 3.8) is 0 Å². The Morgan fingerprint density at radius 2 is 2.15 bits per heavy atom. The van der Waals surface area contributed by atoms with Gasteiger partial charge in [0.05, 0.1) is 10.8 Å². The fourth-order valence-electron chi connectivity index (χ4n) is 0.987. The van der Waals surface area contributed by atoms with Crippen LogP contribution in [-0.2, 0) is 0 Å². The van der Waals surface area contributed by atoms with E-state index in [0.29, 0.717) is 0 Å². The Morgan fingerprint density at radius 1 is 1.54 bits per heavy atom. The van der Waals surface area contributed by atoms with Gasteiger partial charge in [0.15, 0.2) is 0 Å². The molecule has 1 aliphatic rings. The van der Waals surface area contributed by atoms with Gasteiger partial charge in [-0.25, -0.2) is 0 Å². The molecule has 72 valence electrons. The van der Waals surface area contributed by atoms with Crippen LogP contribution in [-0.4, -0.2) is 11.1 Å². The summed E-state index contributed by atoms with van der Waals surface area (Å²) in [5.74, 6) is -1.59. The predicted octanol–water partition coefficient (Wildman–Crippen LogP) is 2.29. The number of nitro groups is 1. The highest BCUT2D eigenvalue weighted by molar-refractivity contribution is 5.18. The highest BCUT2D eigenvalue weighted by Crippen LogP contribution is 2.32. The zero-order chi connectivity index (χ0) is 10.1. The van der Waals surface area contributed by atoms with Crippen LogP contribution < -0.4 is 0 Å². The highest BCUT2D eigenvalue weighted by atomic mass is 19.4. The molecule has 0 aromatic heterocycles. The predicted molar refractivity (Wildman–Crippen MR) is 38.4 cm³/mol. The van der Waals surface area contributed by atoms with Gasteiger partial charge in [-0.3, -0.25) is 10.1 Å². The van der Waals surface area contributed by atoms with Gasteiger partial charge < -0.3 is 0 Å². The quantitative estimate of drug-likeness (QED) is 0.473. The van der Waals surface area contributed by atoms with Crippen molar-refractivity contribution in [1.29, 1.82) is 0 Å². The molecule has 13 heavy (non-hydrogen) atoms. The lowest BCUT2D eigenvalue weighted by molar-refractivity contribution is -0.419. The van der Waals surface area contributed by atoms with E-state index in [1.807, 2.05) is 0 Å². The Kier molecular flexibility index (Phi) is 2.40. The first kappa shape index (κ1) is 9.76. The van der Waals surface area contributed by atoms with E-state index >= 15 is 0 Å². The van der Waals surface area contributed by atoms with Crippen molar-refractivity contribution in [2.75, 3.05) is 0 Å². The lowest BCUT2D eigenvalue weighted by atomic mass is 9.99. The molecular weight excluding hydrogens is 187 g/mol. The van der Waals surface area contributed by atoms with Crippen molar-refractivity contribution in [1.82, 2.24) is 0 Å². The van der Waals surface area contributed by atoms with Gasteiger partial charge in [-0.15, -0.1) is 0 Å². The molecule has 0 amide bonds. The van der Waals surface area contributed by atoms with E-state index < -0.39 is 17.0 Å². The molecular formula is C7H6F3NO2. The van der Waals surface area contributed by atoms with Crippen LogP contribution in [0.2, 0.25) is 0 Å². The highest BCUT2D eigenvalue weighted by Gasteiger charge is 2.38. The van der Waals surface area contributed by atoms with Gasteiger partial charge in [-0.1, -0.05) is 6.08 Å². The topological polar surface area (TPSA) is 43.1 Å². The fourth-order valence-corrected chi connectivity index (χ4v) is 0.987. The second-order valence-corrected chi connectivity index (χ2v) is 2.63.